The number of ether oxygens (including phenoxy) is 2. The van der Waals surface area contributed by atoms with Crippen molar-refractivity contribution in [3.63, 3.8) is 0 Å². The molecule has 2 aliphatic heterocycles. The van der Waals surface area contributed by atoms with Gasteiger partial charge in [0, 0.05) is 18.7 Å². The van der Waals surface area contributed by atoms with Gasteiger partial charge in [0.15, 0.2) is 5.82 Å². The monoisotopic (exact) mass is 358 g/mol. The van der Waals surface area contributed by atoms with Gasteiger partial charge in [-0.25, -0.2) is 4.79 Å². The van der Waals surface area contributed by atoms with Crippen LogP contribution in [0.25, 0.3) is 0 Å². The molecule has 1 N–H and O–H groups in total. The maximum Gasteiger partial charge on any atom is 0.318 e. The normalized spacial score (nSPS) is 21.7. The lowest BCUT2D eigenvalue weighted by Crippen LogP contribution is -2.40. The summed E-state index contributed by atoms with van der Waals surface area (Å²) >= 11 is 0. The van der Waals surface area contributed by atoms with Gasteiger partial charge in [0.1, 0.15) is 11.9 Å². The number of nitrogens with one attached hydrogen (secondary N) is 1. The zero-order valence-electron chi connectivity index (χ0n) is 14.9. The summed E-state index contributed by atoms with van der Waals surface area (Å²) in [5.74, 6) is 1.94. The van der Waals surface area contributed by atoms with Crippen LogP contribution < -0.4 is 10.1 Å². The number of hydrogen-bond acceptors (Lipinski definition) is 6. The van der Waals surface area contributed by atoms with E-state index in [0.717, 1.165) is 29.7 Å². The first kappa shape index (κ1) is 16.8. The first-order chi connectivity index (χ1) is 12.6. The summed E-state index contributed by atoms with van der Waals surface area (Å²) in [4.78, 5) is 18.5. The molecule has 0 saturated carbocycles. The topological polar surface area (TPSA) is 89.7 Å². The molecule has 1 saturated heterocycles. The van der Waals surface area contributed by atoms with Gasteiger partial charge in [-0.2, -0.15) is 4.98 Å². The smallest absolute Gasteiger partial charge is 0.318 e. The second kappa shape index (κ2) is 6.95. The van der Waals surface area contributed by atoms with Crippen molar-refractivity contribution in [2.75, 3.05) is 13.7 Å². The number of rotatable bonds is 4. The fourth-order valence-electron chi connectivity index (χ4n) is 3.52. The first-order valence-electron chi connectivity index (χ1n) is 8.77. The number of carbonyl (C=O) groups is 1. The van der Waals surface area contributed by atoms with E-state index in [4.69, 9.17) is 14.0 Å². The Hall–Kier alpha value is -2.61. The van der Waals surface area contributed by atoms with Crippen molar-refractivity contribution in [3.05, 3.63) is 41.0 Å². The number of methoxy groups -OCH3 is 1. The zero-order valence-corrected chi connectivity index (χ0v) is 14.9. The Labute approximate surface area is 151 Å². The molecule has 2 aromatic rings. The molecule has 4 rings (SSSR count). The number of aromatic nitrogens is 2. The molecule has 8 nitrogen and oxygen atoms in total. The number of urea groups is 1. The molecule has 2 aliphatic rings. The highest BCUT2D eigenvalue weighted by Gasteiger charge is 2.32. The van der Waals surface area contributed by atoms with E-state index in [9.17, 15) is 4.79 Å². The molecule has 2 amide bonds. The second-order valence-corrected chi connectivity index (χ2v) is 6.64. The molecule has 2 atom stereocenters. The van der Waals surface area contributed by atoms with Crippen LogP contribution in [0.2, 0.25) is 0 Å². The minimum atomic E-state index is -0.182. The largest absolute Gasteiger partial charge is 0.496 e. The van der Waals surface area contributed by atoms with Crippen LogP contribution in [0, 0.1) is 6.92 Å². The lowest BCUT2D eigenvalue weighted by atomic mass is 10.1. The Balaban J connectivity index is 1.29. The van der Waals surface area contributed by atoms with Gasteiger partial charge < -0.3 is 24.2 Å². The van der Waals surface area contributed by atoms with E-state index in [2.05, 4.69) is 15.5 Å². The second-order valence-electron chi connectivity index (χ2n) is 6.64. The minimum absolute atomic E-state index is 0.0457. The molecule has 0 unspecified atom stereocenters. The molecule has 3 heterocycles. The van der Waals surface area contributed by atoms with Crippen molar-refractivity contribution in [3.8, 4) is 5.75 Å². The number of hydrogen-bond donors (Lipinski definition) is 1. The number of fused-ring (bicyclic) bond motifs is 1. The van der Waals surface area contributed by atoms with Crippen molar-refractivity contribution >= 4 is 6.03 Å². The van der Waals surface area contributed by atoms with Crippen molar-refractivity contribution in [1.29, 1.82) is 0 Å². The van der Waals surface area contributed by atoms with Crippen LogP contribution in [0.5, 0.6) is 5.75 Å². The predicted octanol–water partition coefficient (Wildman–Crippen LogP) is 2.33. The molecule has 8 heteroatoms. The average Bonchev–Trinajstić information content (AvgIpc) is 3.37. The van der Waals surface area contributed by atoms with Crippen LogP contribution in [-0.4, -0.2) is 40.8 Å². The lowest BCUT2D eigenvalue weighted by Gasteiger charge is -2.18. The molecule has 1 aromatic heterocycles. The summed E-state index contributed by atoms with van der Waals surface area (Å²) in [6.45, 7) is 3.39. The highest BCUT2D eigenvalue weighted by atomic mass is 16.5. The fourth-order valence-corrected chi connectivity index (χ4v) is 3.52. The summed E-state index contributed by atoms with van der Waals surface area (Å²) in [6, 6.07) is 5.81. The number of carbonyl (C=O) groups excluding carboxylic acids is 1. The fraction of sp³-hybridized carbons (Fsp3) is 0.500. The van der Waals surface area contributed by atoms with Crippen LogP contribution in [0.3, 0.4) is 0 Å². The first-order valence-corrected chi connectivity index (χ1v) is 8.77. The maximum atomic E-state index is 12.5. The molecule has 0 radical (unpaired) electrons. The Morgan fingerprint density at radius 3 is 3.04 bits per heavy atom. The average molecular weight is 358 g/mol. The molecule has 1 aromatic carbocycles. The number of aryl methyl sites for hydroxylation is 1. The lowest BCUT2D eigenvalue weighted by molar-refractivity contribution is 0.0271. The van der Waals surface area contributed by atoms with Crippen LogP contribution in [0.15, 0.2) is 22.7 Å². The highest BCUT2D eigenvalue weighted by Crippen LogP contribution is 2.32. The third-order valence-corrected chi connectivity index (χ3v) is 4.85. The Morgan fingerprint density at radius 2 is 2.27 bits per heavy atom. The molecule has 0 bridgehead atoms. The SMILES string of the molecule is COc1cccc2c1CN(C(=O)NC[C@@H]1CC[C@H](c3nc(C)no3)O1)C2. The summed E-state index contributed by atoms with van der Waals surface area (Å²) < 4.78 is 16.5. The summed E-state index contributed by atoms with van der Waals surface area (Å²) in [5.41, 5.74) is 2.21. The standard InChI is InChI=1S/C18H22N4O4/c1-11-20-17(26-21-11)16-7-6-13(25-16)8-19-18(23)22-9-12-4-3-5-15(24-2)14(12)10-22/h3-5,13,16H,6-10H2,1-2H3,(H,19,23)/t13-,16+/m0/s1. The van der Waals surface area contributed by atoms with Crippen molar-refractivity contribution in [1.82, 2.24) is 20.4 Å². The van der Waals surface area contributed by atoms with E-state index in [0.29, 0.717) is 31.3 Å². The van der Waals surface area contributed by atoms with Crippen LogP contribution in [-0.2, 0) is 17.8 Å². The van der Waals surface area contributed by atoms with Crippen LogP contribution >= 0.6 is 0 Å². The molecule has 0 aliphatic carbocycles. The molecular formula is C18H22N4O4. The molecule has 26 heavy (non-hydrogen) atoms. The van der Waals surface area contributed by atoms with Crippen molar-refractivity contribution in [2.45, 2.75) is 45.1 Å². The van der Waals surface area contributed by atoms with E-state index >= 15 is 0 Å². The van der Waals surface area contributed by atoms with Crippen molar-refractivity contribution in [2.24, 2.45) is 0 Å². The van der Waals surface area contributed by atoms with E-state index in [1.165, 1.54) is 0 Å². The Kier molecular flexibility index (Phi) is 4.50. The molecule has 138 valence electrons. The maximum absolute atomic E-state index is 12.5. The predicted molar refractivity (Wildman–Crippen MR) is 91.5 cm³/mol. The van der Waals surface area contributed by atoms with E-state index in [1.807, 2.05) is 18.2 Å². The van der Waals surface area contributed by atoms with Gasteiger partial charge in [0.25, 0.3) is 5.89 Å². The quantitative estimate of drug-likeness (QED) is 0.902. The van der Waals surface area contributed by atoms with Gasteiger partial charge in [0.2, 0.25) is 0 Å². The summed E-state index contributed by atoms with van der Waals surface area (Å²) in [6.07, 6.45) is 1.43. The molecule has 0 spiro atoms. The van der Waals surface area contributed by atoms with Gasteiger partial charge in [0.05, 0.1) is 19.8 Å². The van der Waals surface area contributed by atoms with E-state index in [1.54, 1.807) is 18.9 Å². The summed E-state index contributed by atoms with van der Waals surface area (Å²) in [5, 5.41) is 6.76. The van der Waals surface area contributed by atoms with Gasteiger partial charge in [-0.05, 0) is 31.4 Å². The minimum Gasteiger partial charge on any atom is -0.496 e. The third kappa shape index (κ3) is 3.24. The molecule has 1 fully saturated rings. The van der Waals surface area contributed by atoms with Crippen molar-refractivity contribution < 1.29 is 18.8 Å². The van der Waals surface area contributed by atoms with E-state index < -0.39 is 0 Å². The Bertz CT molecular complexity index is 806. The van der Waals surface area contributed by atoms with Crippen LogP contribution in [0.4, 0.5) is 4.79 Å². The number of benzene rings is 1. The Morgan fingerprint density at radius 1 is 1.38 bits per heavy atom. The zero-order chi connectivity index (χ0) is 18.1. The van der Waals surface area contributed by atoms with Crippen LogP contribution in [0.1, 0.15) is 41.8 Å². The number of nitrogens with zero attached hydrogens (tertiary/aromatic N) is 3. The van der Waals surface area contributed by atoms with Gasteiger partial charge >= 0.3 is 6.03 Å². The summed E-state index contributed by atoms with van der Waals surface area (Å²) in [7, 11) is 1.65. The highest BCUT2D eigenvalue weighted by molar-refractivity contribution is 5.75. The number of amides is 2. The van der Waals surface area contributed by atoms with Gasteiger partial charge in [-0.1, -0.05) is 17.3 Å². The van der Waals surface area contributed by atoms with Gasteiger partial charge in [-0.3, -0.25) is 0 Å². The van der Waals surface area contributed by atoms with E-state index in [-0.39, 0.29) is 18.2 Å². The van der Waals surface area contributed by atoms with Gasteiger partial charge in [-0.15, -0.1) is 0 Å². The third-order valence-electron chi connectivity index (χ3n) is 4.85. The molecular weight excluding hydrogens is 336 g/mol.